The number of hydrogen-bond acceptors (Lipinski definition) is 3. The van der Waals surface area contributed by atoms with Gasteiger partial charge in [0, 0.05) is 32.8 Å². The van der Waals surface area contributed by atoms with Crippen molar-refractivity contribution in [2.24, 2.45) is 4.99 Å². The van der Waals surface area contributed by atoms with Crippen molar-refractivity contribution in [2.75, 3.05) is 39.4 Å². The third kappa shape index (κ3) is 6.78. The summed E-state index contributed by atoms with van der Waals surface area (Å²) >= 11 is 0. The van der Waals surface area contributed by atoms with Crippen LogP contribution in [0.5, 0.6) is 0 Å². The second kappa shape index (κ2) is 11.4. The van der Waals surface area contributed by atoms with Crippen LogP contribution in [0.1, 0.15) is 50.2 Å². The maximum Gasteiger partial charge on any atom is 0.193 e. The first kappa shape index (κ1) is 21.1. The summed E-state index contributed by atoms with van der Waals surface area (Å²) in [6, 6.07) is 8.71. The molecule has 2 aliphatic rings. The van der Waals surface area contributed by atoms with Gasteiger partial charge in [-0.15, -0.1) is 0 Å². The van der Waals surface area contributed by atoms with Crippen LogP contribution in [0.2, 0.25) is 0 Å². The van der Waals surface area contributed by atoms with Crippen LogP contribution in [0.3, 0.4) is 0 Å². The zero-order valence-electron chi connectivity index (χ0n) is 17.7. The largest absolute Gasteiger partial charge is 0.376 e. The molecule has 2 fully saturated rings. The van der Waals surface area contributed by atoms with E-state index in [1.807, 2.05) is 0 Å². The van der Waals surface area contributed by atoms with E-state index in [4.69, 9.17) is 14.5 Å². The molecule has 0 amide bonds. The van der Waals surface area contributed by atoms with Crippen molar-refractivity contribution in [3.63, 3.8) is 0 Å². The van der Waals surface area contributed by atoms with E-state index in [2.05, 4.69) is 48.3 Å². The van der Waals surface area contributed by atoms with Crippen LogP contribution in [0.15, 0.2) is 29.3 Å². The Bertz CT molecular complexity index is 606. The van der Waals surface area contributed by atoms with Gasteiger partial charge in [0.2, 0.25) is 0 Å². The molecule has 1 aromatic rings. The molecule has 0 radical (unpaired) electrons. The monoisotopic (exact) mass is 387 g/mol. The Morgan fingerprint density at radius 3 is 2.82 bits per heavy atom. The highest BCUT2D eigenvalue weighted by molar-refractivity contribution is 5.80. The molecule has 5 heteroatoms. The number of rotatable bonds is 7. The summed E-state index contributed by atoms with van der Waals surface area (Å²) in [5, 5.41) is 3.46. The van der Waals surface area contributed by atoms with E-state index in [9.17, 15) is 0 Å². The lowest BCUT2D eigenvalue weighted by Gasteiger charge is -2.35. The van der Waals surface area contributed by atoms with E-state index in [1.165, 1.54) is 24.0 Å². The lowest BCUT2D eigenvalue weighted by molar-refractivity contribution is -0.0721. The van der Waals surface area contributed by atoms with Crippen molar-refractivity contribution in [1.82, 2.24) is 10.2 Å². The quantitative estimate of drug-likeness (QED) is 0.574. The van der Waals surface area contributed by atoms with E-state index >= 15 is 0 Å². The van der Waals surface area contributed by atoms with Crippen molar-refractivity contribution in [3.8, 4) is 0 Å². The fourth-order valence-electron chi connectivity index (χ4n) is 4.00. The number of benzene rings is 1. The molecule has 0 aliphatic carbocycles. The number of ether oxygens (including phenoxy) is 2. The second-order valence-corrected chi connectivity index (χ2v) is 7.98. The summed E-state index contributed by atoms with van der Waals surface area (Å²) in [5.74, 6) is 1.05. The predicted molar refractivity (Wildman–Crippen MR) is 115 cm³/mol. The molecule has 0 spiro atoms. The van der Waals surface area contributed by atoms with Crippen LogP contribution in [-0.2, 0) is 15.9 Å². The lowest BCUT2D eigenvalue weighted by atomic mass is 10.1. The van der Waals surface area contributed by atoms with Crippen LogP contribution < -0.4 is 5.32 Å². The zero-order valence-corrected chi connectivity index (χ0v) is 17.7. The van der Waals surface area contributed by atoms with Crippen molar-refractivity contribution >= 4 is 5.96 Å². The molecule has 1 N–H and O–H groups in total. The van der Waals surface area contributed by atoms with Crippen LogP contribution in [0.25, 0.3) is 0 Å². The number of nitrogens with one attached hydrogen (secondary N) is 1. The van der Waals surface area contributed by atoms with Gasteiger partial charge in [0.25, 0.3) is 0 Å². The third-order valence-corrected chi connectivity index (χ3v) is 5.61. The van der Waals surface area contributed by atoms with Gasteiger partial charge in [-0.05, 0) is 57.9 Å². The van der Waals surface area contributed by atoms with Gasteiger partial charge < -0.3 is 19.7 Å². The molecule has 28 heavy (non-hydrogen) atoms. The highest BCUT2D eigenvalue weighted by atomic mass is 16.5. The molecule has 2 saturated heterocycles. The summed E-state index contributed by atoms with van der Waals surface area (Å²) in [6.45, 7) is 9.67. The lowest BCUT2D eigenvalue weighted by Crippen LogP contribution is -2.47. The average Bonchev–Trinajstić information content (AvgIpc) is 2.73. The average molecular weight is 388 g/mol. The van der Waals surface area contributed by atoms with Gasteiger partial charge >= 0.3 is 0 Å². The smallest absolute Gasteiger partial charge is 0.193 e. The first-order chi connectivity index (χ1) is 13.7. The number of hydrogen-bond donors (Lipinski definition) is 1. The molecule has 0 bridgehead atoms. The van der Waals surface area contributed by atoms with Crippen molar-refractivity contribution in [2.45, 2.75) is 64.6 Å². The van der Waals surface area contributed by atoms with Crippen LogP contribution >= 0.6 is 0 Å². The molecule has 2 heterocycles. The van der Waals surface area contributed by atoms with Gasteiger partial charge in [-0.1, -0.05) is 29.8 Å². The predicted octanol–water partition coefficient (Wildman–Crippen LogP) is 3.55. The molecule has 1 aromatic carbocycles. The van der Waals surface area contributed by atoms with E-state index in [0.29, 0.717) is 12.2 Å². The fourth-order valence-corrected chi connectivity index (χ4v) is 4.00. The molecule has 5 nitrogen and oxygen atoms in total. The maximum absolute atomic E-state index is 6.15. The maximum atomic E-state index is 6.15. The summed E-state index contributed by atoms with van der Waals surface area (Å²) in [7, 11) is 0. The number of aryl methyl sites for hydroxylation is 1. The molecular formula is C23H37N3O2. The fraction of sp³-hybridized carbons (Fsp3) is 0.696. The van der Waals surface area contributed by atoms with E-state index in [1.54, 1.807) is 0 Å². The Labute approximate surface area is 170 Å². The first-order valence-electron chi connectivity index (χ1n) is 11.1. The van der Waals surface area contributed by atoms with Gasteiger partial charge in [-0.2, -0.15) is 0 Å². The van der Waals surface area contributed by atoms with Crippen LogP contribution in [0.4, 0.5) is 0 Å². The van der Waals surface area contributed by atoms with Crippen molar-refractivity contribution in [3.05, 3.63) is 35.4 Å². The number of nitrogens with zero attached hydrogens (tertiary/aromatic N) is 2. The highest BCUT2D eigenvalue weighted by Gasteiger charge is 2.23. The highest BCUT2D eigenvalue weighted by Crippen LogP contribution is 2.18. The number of aliphatic imine (C=N–C) groups is 1. The minimum Gasteiger partial charge on any atom is -0.376 e. The first-order valence-corrected chi connectivity index (χ1v) is 11.1. The van der Waals surface area contributed by atoms with Crippen LogP contribution in [-0.4, -0.2) is 62.5 Å². The zero-order chi connectivity index (χ0) is 19.6. The van der Waals surface area contributed by atoms with Gasteiger partial charge in [0.1, 0.15) is 0 Å². The topological polar surface area (TPSA) is 46.1 Å². The molecule has 1 unspecified atom stereocenters. The molecule has 3 rings (SSSR count). The van der Waals surface area contributed by atoms with Gasteiger partial charge in [0.05, 0.1) is 18.8 Å². The van der Waals surface area contributed by atoms with Crippen molar-refractivity contribution in [1.29, 1.82) is 0 Å². The van der Waals surface area contributed by atoms with E-state index in [-0.39, 0.29) is 0 Å². The van der Waals surface area contributed by atoms with Crippen LogP contribution in [0, 0.1) is 6.92 Å². The minimum atomic E-state index is 0.312. The Hall–Kier alpha value is -1.59. The number of piperidine rings is 1. The summed E-state index contributed by atoms with van der Waals surface area (Å²) < 4.78 is 11.9. The van der Waals surface area contributed by atoms with Gasteiger partial charge in [0.15, 0.2) is 5.96 Å². The standard InChI is InChI=1S/C23H37N3O2/c1-3-24-23(25-13-10-20-8-6-7-19(2)17-20)26-14-11-21(12-15-26)28-18-22-9-4-5-16-27-22/h6-8,17,21-22H,3-5,9-16,18H2,1-2H3,(H,24,25). The summed E-state index contributed by atoms with van der Waals surface area (Å²) in [5.41, 5.74) is 2.67. The Kier molecular flexibility index (Phi) is 8.62. The summed E-state index contributed by atoms with van der Waals surface area (Å²) in [6.07, 6.45) is 7.41. The number of guanidine groups is 1. The Balaban J connectivity index is 1.42. The molecule has 2 aliphatic heterocycles. The molecule has 0 saturated carbocycles. The Morgan fingerprint density at radius 1 is 1.25 bits per heavy atom. The molecular weight excluding hydrogens is 350 g/mol. The van der Waals surface area contributed by atoms with Crippen molar-refractivity contribution < 1.29 is 9.47 Å². The molecule has 1 atom stereocenters. The normalized spacial score (nSPS) is 21.7. The molecule has 0 aromatic heterocycles. The second-order valence-electron chi connectivity index (χ2n) is 7.98. The minimum absolute atomic E-state index is 0.312. The van der Waals surface area contributed by atoms with E-state index in [0.717, 1.165) is 71.0 Å². The third-order valence-electron chi connectivity index (χ3n) is 5.61. The Morgan fingerprint density at radius 2 is 2.11 bits per heavy atom. The SMILES string of the molecule is CCNC(=NCCc1cccc(C)c1)N1CCC(OCC2CCCCO2)CC1. The van der Waals surface area contributed by atoms with Gasteiger partial charge in [-0.3, -0.25) is 4.99 Å². The van der Waals surface area contributed by atoms with Gasteiger partial charge in [-0.25, -0.2) is 0 Å². The number of likely N-dealkylation sites (tertiary alicyclic amines) is 1. The molecule has 156 valence electrons. The van der Waals surface area contributed by atoms with E-state index < -0.39 is 0 Å². The summed E-state index contributed by atoms with van der Waals surface area (Å²) in [4.78, 5) is 7.26.